The van der Waals surface area contributed by atoms with Crippen LogP contribution in [0.2, 0.25) is 0 Å². The fourth-order valence-corrected chi connectivity index (χ4v) is 1.80. The summed E-state index contributed by atoms with van der Waals surface area (Å²) in [4.78, 5) is 10.5. The second kappa shape index (κ2) is 7.21. The number of hydrogen-bond donors (Lipinski definition) is 2. The summed E-state index contributed by atoms with van der Waals surface area (Å²) in [5.41, 5.74) is 7.66. The minimum absolute atomic E-state index is 0.0171. The number of amidine groups is 1. The van der Waals surface area contributed by atoms with Gasteiger partial charge in [-0.2, -0.15) is 0 Å². The van der Waals surface area contributed by atoms with Gasteiger partial charge in [0.15, 0.2) is 0 Å². The molecule has 0 aliphatic heterocycles. The van der Waals surface area contributed by atoms with E-state index in [0.717, 1.165) is 11.1 Å². The summed E-state index contributed by atoms with van der Waals surface area (Å²) in [5, 5.41) is 7.33. The fraction of sp³-hybridized carbons (Fsp3) is 0.125. The minimum Gasteiger partial charge on any atom is -0.423 e. The molecule has 5 heteroatoms. The SMILES string of the molecule is N=C(N)c1ccc(COC(O[C]=O)c2ccccc2)cc1. The van der Waals surface area contributed by atoms with Crippen molar-refractivity contribution in [1.29, 1.82) is 5.41 Å². The van der Waals surface area contributed by atoms with Crippen molar-refractivity contribution < 1.29 is 14.3 Å². The molecule has 5 nitrogen and oxygen atoms in total. The van der Waals surface area contributed by atoms with Gasteiger partial charge in [-0.05, 0) is 5.56 Å². The predicted octanol–water partition coefficient (Wildman–Crippen LogP) is 2.27. The van der Waals surface area contributed by atoms with E-state index in [0.29, 0.717) is 5.56 Å². The lowest BCUT2D eigenvalue weighted by molar-refractivity contribution is -0.102. The van der Waals surface area contributed by atoms with Crippen molar-refractivity contribution in [2.75, 3.05) is 0 Å². The molecule has 1 atom stereocenters. The van der Waals surface area contributed by atoms with Gasteiger partial charge in [0, 0.05) is 11.1 Å². The van der Waals surface area contributed by atoms with Crippen LogP contribution in [0.3, 0.4) is 0 Å². The third-order valence-electron chi connectivity index (χ3n) is 2.89. The lowest BCUT2D eigenvalue weighted by Gasteiger charge is -2.15. The predicted molar refractivity (Wildman–Crippen MR) is 78.2 cm³/mol. The first-order chi connectivity index (χ1) is 10.2. The average Bonchev–Trinajstić information content (AvgIpc) is 2.52. The van der Waals surface area contributed by atoms with Gasteiger partial charge in [0.1, 0.15) is 5.84 Å². The molecule has 0 aliphatic carbocycles. The van der Waals surface area contributed by atoms with Crippen molar-refractivity contribution in [3.8, 4) is 0 Å². The summed E-state index contributed by atoms with van der Waals surface area (Å²) in [6, 6.07) is 16.2. The maximum atomic E-state index is 10.5. The van der Waals surface area contributed by atoms with Gasteiger partial charge in [-0.15, -0.1) is 0 Å². The largest absolute Gasteiger partial charge is 0.423 e. The molecule has 0 spiro atoms. The van der Waals surface area contributed by atoms with E-state index < -0.39 is 6.29 Å². The van der Waals surface area contributed by atoms with Crippen LogP contribution < -0.4 is 5.73 Å². The van der Waals surface area contributed by atoms with Gasteiger partial charge in [-0.1, -0.05) is 54.6 Å². The Morgan fingerprint density at radius 3 is 2.38 bits per heavy atom. The summed E-state index contributed by atoms with van der Waals surface area (Å²) in [6.45, 7) is 1.67. The second-order valence-electron chi connectivity index (χ2n) is 4.37. The number of nitrogen functional groups attached to an aromatic ring is 1. The third kappa shape index (κ3) is 4.15. The molecule has 3 N–H and O–H groups in total. The van der Waals surface area contributed by atoms with Gasteiger partial charge in [0.05, 0.1) is 6.61 Å². The number of ether oxygens (including phenoxy) is 2. The Morgan fingerprint density at radius 1 is 1.14 bits per heavy atom. The summed E-state index contributed by atoms with van der Waals surface area (Å²) in [5.74, 6) is 0.0171. The molecule has 21 heavy (non-hydrogen) atoms. The van der Waals surface area contributed by atoms with E-state index in [1.165, 1.54) is 6.47 Å². The number of carbonyl (C=O) groups excluding carboxylic acids is 1. The molecule has 2 aromatic rings. The first kappa shape index (κ1) is 14.7. The van der Waals surface area contributed by atoms with Crippen LogP contribution in [0.1, 0.15) is 23.0 Å². The highest BCUT2D eigenvalue weighted by Crippen LogP contribution is 2.19. The van der Waals surface area contributed by atoms with Crippen molar-refractivity contribution in [2.45, 2.75) is 12.9 Å². The van der Waals surface area contributed by atoms with Crippen LogP contribution in [0, 0.1) is 5.41 Å². The molecule has 0 aliphatic rings. The van der Waals surface area contributed by atoms with Crippen LogP contribution in [0.5, 0.6) is 0 Å². The monoisotopic (exact) mass is 283 g/mol. The number of nitrogens with two attached hydrogens (primary N) is 1. The maximum absolute atomic E-state index is 10.5. The van der Waals surface area contributed by atoms with Crippen LogP contribution in [-0.2, 0) is 20.9 Å². The van der Waals surface area contributed by atoms with Crippen LogP contribution in [0.4, 0.5) is 0 Å². The first-order valence-electron chi connectivity index (χ1n) is 6.33. The van der Waals surface area contributed by atoms with Crippen LogP contribution in [-0.4, -0.2) is 12.3 Å². The number of rotatable bonds is 7. The third-order valence-corrected chi connectivity index (χ3v) is 2.89. The lowest BCUT2D eigenvalue weighted by atomic mass is 10.1. The topological polar surface area (TPSA) is 85.4 Å². The van der Waals surface area contributed by atoms with Crippen molar-refractivity contribution in [2.24, 2.45) is 5.73 Å². The lowest BCUT2D eigenvalue weighted by Crippen LogP contribution is -2.11. The Bertz CT molecular complexity index is 597. The summed E-state index contributed by atoms with van der Waals surface area (Å²) < 4.78 is 10.4. The smallest absolute Gasteiger partial charge is 0.420 e. The van der Waals surface area contributed by atoms with Crippen molar-refractivity contribution in [3.63, 3.8) is 0 Å². The Morgan fingerprint density at radius 2 is 1.81 bits per heavy atom. The molecular formula is C16H15N2O3. The molecule has 0 fully saturated rings. The van der Waals surface area contributed by atoms with Gasteiger partial charge in [0.2, 0.25) is 6.29 Å². The van der Waals surface area contributed by atoms with Crippen molar-refractivity contribution >= 4 is 12.3 Å². The molecule has 1 radical (unpaired) electrons. The molecule has 0 aromatic heterocycles. The van der Waals surface area contributed by atoms with E-state index in [1.807, 2.05) is 30.3 Å². The molecule has 0 heterocycles. The Labute approximate surface area is 122 Å². The average molecular weight is 283 g/mol. The molecule has 0 amide bonds. The summed E-state index contributed by atoms with van der Waals surface area (Å²) >= 11 is 0. The number of nitrogens with one attached hydrogen (secondary N) is 1. The van der Waals surface area contributed by atoms with E-state index in [4.69, 9.17) is 20.6 Å². The van der Waals surface area contributed by atoms with Gasteiger partial charge in [-0.3, -0.25) is 5.41 Å². The molecule has 107 valence electrons. The zero-order chi connectivity index (χ0) is 15.1. The minimum atomic E-state index is -0.795. The second-order valence-corrected chi connectivity index (χ2v) is 4.37. The van der Waals surface area contributed by atoms with Crippen molar-refractivity contribution in [1.82, 2.24) is 0 Å². The summed E-state index contributed by atoms with van der Waals surface area (Å²) in [6.07, 6.45) is -0.795. The highest BCUT2D eigenvalue weighted by molar-refractivity contribution is 5.94. The van der Waals surface area contributed by atoms with Gasteiger partial charge >= 0.3 is 6.47 Å². The quantitative estimate of drug-likeness (QED) is 0.463. The molecule has 0 saturated carbocycles. The van der Waals surface area contributed by atoms with Gasteiger partial charge in [0.25, 0.3) is 0 Å². The van der Waals surface area contributed by atoms with Crippen LogP contribution in [0.25, 0.3) is 0 Å². The number of hydrogen-bond acceptors (Lipinski definition) is 4. The number of benzene rings is 2. The van der Waals surface area contributed by atoms with E-state index in [9.17, 15) is 4.79 Å². The molecular weight excluding hydrogens is 268 g/mol. The highest BCUT2D eigenvalue weighted by atomic mass is 16.7. The normalized spacial score (nSPS) is 11.6. The van der Waals surface area contributed by atoms with Gasteiger partial charge < -0.3 is 15.2 Å². The fourth-order valence-electron chi connectivity index (χ4n) is 1.80. The zero-order valence-corrected chi connectivity index (χ0v) is 11.3. The Balaban J connectivity index is 2.01. The van der Waals surface area contributed by atoms with E-state index in [-0.39, 0.29) is 12.4 Å². The molecule has 2 rings (SSSR count). The van der Waals surface area contributed by atoms with E-state index >= 15 is 0 Å². The molecule has 2 aromatic carbocycles. The van der Waals surface area contributed by atoms with E-state index in [1.54, 1.807) is 24.3 Å². The highest BCUT2D eigenvalue weighted by Gasteiger charge is 2.13. The molecule has 1 unspecified atom stereocenters. The molecule has 0 bridgehead atoms. The van der Waals surface area contributed by atoms with E-state index in [2.05, 4.69) is 0 Å². The van der Waals surface area contributed by atoms with Crippen LogP contribution in [0.15, 0.2) is 54.6 Å². The standard InChI is InChI=1S/C16H15N2O3/c17-15(18)13-8-6-12(7-9-13)10-20-16(21-11-19)14-4-2-1-3-5-14/h1-9,16H,10H2,(H3,17,18). The van der Waals surface area contributed by atoms with Crippen molar-refractivity contribution in [3.05, 3.63) is 71.3 Å². The Hall–Kier alpha value is -2.66. The summed E-state index contributed by atoms with van der Waals surface area (Å²) in [7, 11) is 0. The zero-order valence-electron chi connectivity index (χ0n) is 11.3. The first-order valence-corrected chi connectivity index (χ1v) is 6.33. The maximum Gasteiger partial charge on any atom is 0.420 e. The molecule has 0 saturated heterocycles. The van der Waals surface area contributed by atoms with Crippen LogP contribution >= 0.6 is 0 Å². The Kier molecular flexibility index (Phi) is 5.06. The van der Waals surface area contributed by atoms with Gasteiger partial charge in [-0.25, -0.2) is 4.79 Å².